The normalized spacial score (nSPS) is 17.0. The molecule has 6 rings (SSSR count). The first-order chi connectivity index (χ1) is 20.8. The van der Waals surface area contributed by atoms with Gasteiger partial charge in [0.05, 0.1) is 17.7 Å². The lowest BCUT2D eigenvalue weighted by atomic mass is 9.94. The lowest BCUT2D eigenvalue weighted by Crippen LogP contribution is -2.29. The van der Waals surface area contributed by atoms with Gasteiger partial charge in [0, 0.05) is 17.3 Å². The third kappa shape index (κ3) is 5.51. The van der Waals surface area contributed by atoms with Gasteiger partial charge in [-0.25, -0.2) is 0 Å². The molecule has 2 aliphatic rings. The van der Waals surface area contributed by atoms with Crippen LogP contribution in [0.5, 0.6) is 23.0 Å². The van der Waals surface area contributed by atoms with Crippen LogP contribution < -0.4 is 23.8 Å². The first-order valence-electron chi connectivity index (χ1n) is 14.0. The van der Waals surface area contributed by atoms with Crippen molar-refractivity contribution in [2.75, 3.05) is 11.7 Å². The van der Waals surface area contributed by atoms with Crippen molar-refractivity contribution in [1.82, 2.24) is 0 Å². The summed E-state index contributed by atoms with van der Waals surface area (Å²) in [6.45, 7) is 6.20. The number of anilines is 1. The molecule has 8 nitrogen and oxygen atoms in total. The highest BCUT2D eigenvalue weighted by Gasteiger charge is 2.47. The summed E-state index contributed by atoms with van der Waals surface area (Å²) in [6, 6.07) is 26.4. The van der Waals surface area contributed by atoms with E-state index in [1.807, 2.05) is 51.1 Å². The van der Waals surface area contributed by atoms with E-state index in [1.165, 1.54) is 4.90 Å². The summed E-state index contributed by atoms with van der Waals surface area (Å²) >= 11 is 0. The van der Waals surface area contributed by atoms with Crippen LogP contribution in [0, 0.1) is 6.92 Å². The number of nitrogens with zero attached hydrogens (tertiary/aromatic N) is 1. The third-order valence-electron chi connectivity index (χ3n) is 7.33. The highest BCUT2D eigenvalue weighted by molar-refractivity contribution is 6.51. The lowest BCUT2D eigenvalue weighted by Gasteiger charge is -2.26. The van der Waals surface area contributed by atoms with E-state index in [4.69, 9.17) is 18.9 Å². The van der Waals surface area contributed by atoms with E-state index in [0.717, 1.165) is 11.1 Å². The quantitative estimate of drug-likeness (QED) is 0.141. The second kappa shape index (κ2) is 11.6. The molecule has 1 fully saturated rings. The molecule has 4 aromatic carbocycles. The van der Waals surface area contributed by atoms with Crippen LogP contribution in [0.1, 0.15) is 42.1 Å². The van der Waals surface area contributed by atoms with Crippen LogP contribution in [0.25, 0.3) is 5.76 Å². The molecular weight excluding hydrogens is 546 g/mol. The topological polar surface area (TPSA) is 94.5 Å². The molecule has 0 radical (unpaired) electrons. The number of aryl methyl sites for hydroxylation is 1. The Bertz CT molecular complexity index is 1710. The number of hydrogen-bond acceptors (Lipinski definition) is 7. The van der Waals surface area contributed by atoms with Crippen LogP contribution in [0.15, 0.2) is 96.6 Å². The van der Waals surface area contributed by atoms with Crippen LogP contribution in [0.2, 0.25) is 0 Å². The average molecular weight is 578 g/mol. The van der Waals surface area contributed by atoms with Gasteiger partial charge in [-0.15, -0.1) is 0 Å². The maximum atomic E-state index is 13.6. The van der Waals surface area contributed by atoms with E-state index in [1.54, 1.807) is 60.7 Å². The molecule has 0 aromatic heterocycles. The summed E-state index contributed by atoms with van der Waals surface area (Å²) in [5.74, 6) is 0.515. The molecule has 2 heterocycles. The second-order valence-corrected chi connectivity index (χ2v) is 10.7. The van der Waals surface area contributed by atoms with Crippen molar-refractivity contribution in [3.63, 3.8) is 0 Å². The van der Waals surface area contributed by atoms with E-state index in [9.17, 15) is 14.7 Å². The number of carbonyl (C=O) groups is 2. The van der Waals surface area contributed by atoms with E-state index in [2.05, 4.69) is 0 Å². The fourth-order valence-electron chi connectivity index (χ4n) is 5.30. The minimum absolute atomic E-state index is 0.0162. The van der Waals surface area contributed by atoms with Gasteiger partial charge in [-0.3, -0.25) is 14.5 Å². The molecular formula is C35H31NO7. The number of fused-ring (bicyclic) bond motifs is 1. The number of benzene rings is 4. The molecule has 8 heteroatoms. The Balaban J connectivity index is 1.40. The second-order valence-electron chi connectivity index (χ2n) is 10.7. The molecule has 0 bridgehead atoms. The molecule has 1 atom stereocenters. The summed E-state index contributed by atoms with van der Waals surface area (Å²) in [5.41, 5.74) is 3.27. The molecule has 1 amide bonds. The molecule has 1 saturated heterocycles. The van der Waals surface area contributed by atoms with Crippen LogP contribution in [0.4, 0.5) is 5.69 Å². The zero-order valence-electron chi connectivity index (χ0n) is 24.1. The number of aliphatic hydroxyl groups is 1. The largest absolute Gasteiger partial charge is 0.507 e. The molecule has 0 aliphatic carbocycles. The number of Topliss-reactive ketones (excluding diaryl/α,β-unsaturated/α-hetero) is 1. The highest BCUT2D eigenvalue weighted by atomic mass is 16.7. The van der Waals surface area contributed by atoms with Crippen molar-refractivity contribution < 1.29 is 33.6 Å². The average Bonchev–Trinajstić information content (AvgIpc) is 3.58. The Morgan fingerprint density at radius 3 is 2.40 bits per heavy atom. The highest BCUT2D eigenvalue weighted by Crippen LogP contribution is 2.45. The van der Waals surface area contributed by atoms with Crippen molar-refractivity contribution in [3.05, 3.63) is 119 Å². The summed E-state index contributed by atoms with van der Waals surface area (Å²) in [6.07, 6.45) is -0.0204. The van der Waals surface area contributed by atoms with Crippen molar-refractivity contribution in [3.8, 4) is 23.0 Å². The van der Waals surface area contributed by atoms with E-state index < -0.39 is 17.7 Å². The Kier molecular flexibility index (Phi) is 7.50. The number of amides is 1. The summed E-state index contributed by atoms with van der Waals surface area (Å²) in [4.78, 5) is 28.6. The molecule has 1 unspecified atom stereocenters. The fourth-order valence-corrected chi connectivity index (χ4v) is 5.30. The zero-order valence-corrected chi connectivity index (χ0v) is 24.1. The maximum absolute atomic E-state index is 13.6. The lowest BCUT2D eigenvalue weighted by molar-refractivity contribution is -0.132. The van der Waals surface area contributed by atoms with Crippen molar-refractivity contribution in [1.29, 1.82) is 0 Å². The molecule has 4 aromatic rings. The molecule has 2 aliphatic heterocycles. The van der Waals surface area contributed by atoms with Gasteiger partial charge >= 0.3 is 0 Å². The Labute approximate surface area is 249 Å². The van der Waals surface area contributed by atoms with Gasteiger partial charge in [-0.05, 0) is 79.9 Å². The van der Waals surface area contributed by atoms with Crippen LogP contribution in [-0.2, 0) is 16.2 Å². The fraction of sp³-hybridized carbons (Fsp3) is 0.200. The number of ketones is 1. The molecule has 218 valence electrons. The Hall–Kier alpha value is -5.24. The van der Waals surface area contributed by atoms with E-state index in [-0.39, 0.29) is 24.2 Å². The number of aliphatic hydroxyl groups excluding tert-OH is 1. The third-order valence-corrected chi connectivity index (χ3v) is 7.33. The number of hydrogen-bond donors (Lipinski definition) is 1. The van der Waals surface area contributed by atoms with Gasteiger partial charge in [0.2, 0.25) is 6.79 Å². The van der Waals surface area contributed by atoms with Crippen molar-refractivity contribution >= 4 is 23.1 Å². The molecule has 0 spiro atoms. The minimum atomic E-state index is -0.900. The predicted molar refractivity (Wildman–Crippen MR) is 162 cm³/mol. The summed E-state index contributed by atoms with van der Waals surface area (Å²) in [7, 11) is 0. The summed E-state index contributed by atoms with van der Waals surface area (Å²) in [5, 5.41) is 11.6. The number of rotatable bonds is 8. The summed E-state index contributed by atoms with van der Waals surface area (Å²) < 4.78 is 22.8. The van der Waals surface area contributed by atoms with E-state index in [0.29, 0.717) is 46.4 Å². The molecule has 1 N–H and O–H groups in total. The SMILES string of the molecule is Cc1cc(/C(O)=C2\C(=O)C(=O)N(c3ccc4c(c3)OCO4)C2c2ccc(OC(C)C)cc2)ccc1OCc1ccccc1. The first kappa shape index (κ1) is 27.9. The number of carbonyl (C=O) groups excluding carboxylic acids is 2. The Morgan fingerprint density at radius 1 is 0.930 bits per heavy atom. The van der Waals surface area contributed by atoms with Crippen molar-refractivity contribution in [2.24, 2.45) is 0 Å². The monoisotopic (exact) mass is 577 g/mol. The number of ether oxygens (including phenoxy) is 4. The van der Waals surface area contributed by atoms with Gasteiger partial charge < -0.3 is 24.1 Å². The zero-order chi connectivity index (χ0) is 30.1. The van der Waals surface area contributed by atoms with E-state index >= 15 is 0 Å². The van der Waals surface area contributed by atoms with Gasteiger partial charge in [-0.1, -0.05) is 42.5 Å². The van der Waals surface area contributed by atoms with Gasteiger partial charge in [0.25, 0.3) is 11.7 Å². The minimum Gasteiger partial charge on any atom is -0.507 e. The Morgan fingerprint density at radius 2 is 1.67 bits per heavy atom. The van der Waals surface area contributed by atoms with Crippen LogP contribution in [-0.4, -0.2) is 29.7 Å². The van der Waals surface area contributed by atoms with Crippen LogP contribution >= 0.6 is 0 Å². The van der Waals surface area contributed by atoms with Crippen LogP contribution in [0.3, 0.4) is 0 Å². The molecule has 0 saturated carbocycles. The smallest absolute Gasteiger partial charge is 0.300 e. The van der Waals surface area contributed by atoms with Gasteiger partial charge in [-0.2, -0.15) is 0 Å². The molecule has 43 heavy (non-hydrogen) atoms. The van der Waals surface area contributed by atoms with Crippen molar-refractivity contribution in [2.45, 2.75) is 39.5 Å². The standard InChI is InChI=1S/C35H31NO7/c1-21(2)43-27-13-9-24(10-14-27)32-31(34(38)35(39)36(32)26-12-16-29-30(18-26)42-20-41-29)33(37)25-11-15-28(22(3)17-25)40-19-23-7-5-4-6-8-23/h4-18,21,32,37H,19-20H2,1-3H3/b33-31+. The maximum Gasteiger partial charge on any atom is 0.300 e. The first-order valence-corrected chi connectivity index (χ1v) is 14.0. The predicted octanol–water partition coefficient (Wildman–Crippen LogP) is 6.72. The van der Waals surface area contributed by atoms with Gasteiger partial charge in [0.1, 0.15) is 23.9 Å². The van der Waals surface area contributed by atoms with Gasteiger partial charge in [0.15, 0.2) is 11.5 Å².